The first-order valence-corrected chi connectivity index (χ1v) is 6.35. The number of carbonyl (C=O) groups is 1. The molecule has 1 saturated heterocycles. The molecular formula is C14H19NO3. The van der Waals surface area contributed by atoms with Gasteiger partial charge >= 0.3 is 5.97 Å². The number of nitrogens with zero attached hydrogens (tertiary/aromatic N) is 1. The highest BCUT2D eigenvalue weighted by Gasteiger charge is 2.26. The highest BCUT2D eigenvalue weighted by atomic mass is 16.4. The maximum Gasteiger partial charge on any atom is 0.307 e. The van der Waals surface area contributed by atoms with Crippen LogP contribution in [0.5, 0.6) is 0 Å². The number of benzene rings is 1. The van der Waals surface area contributed by atoms with Gasteiger partial charge in [0.25, 0.3) is 0 Å². The zero-order valence-electron chi connectivity index (χ0n) is 10.3. The number of aliphatic hydroxyl groups is 1. The minimum atomic E-state index is -0.728. The summed E-state index contributed by atoms with van der Waals surface area (Å²) in [5.74, 6) is -1.02. The van der Waals surface area contributed by atoms with Gasteiger partial charge in [-0.1, -0.05) is 30.3 Å². The van der Waals surface area contributed by atoms with Gasteiger partial charge in [-0.2, -0.15) is 0 Å². The molecule has 18 heavy (non-hydrogen) atoms. The van der Waals surface area contributed by atoms with Crippen LogP contribution in [0.25, 0.3) is 0 Å². The standard InChI is InChI=1S/C14H19NO3/c16-13(11-5-2-1-3-6-11)10-15-8-4-7-12(9-15)14(17)18/h1-3,5-6,12-13,16H,4,7-10H2,(H,17,18)/t12-,13-/m1/s1. The van der Waals surface area contributed by atoms with Gasteiger partial charge in [-0.25, -0.2) is 0 Å². The molecule has 1 fully saturated rings. The van der Waals surface area contributed by atoms with E-state index in [1.165, 1.54) is 0 Å². The molecule has 1 aromatic carbocycles. The van der Waals surface area contributed by atoms with Crippen molar-refractivity contribution in [3.63, 3.8) is 0 Å². The van der Waals surface area contributed by atoms with Gasteiger partial charge in [0.15, 0.2) is 0 Å². The molecular weight excluding hydrogens is 230 g/mol. The van der Waals surface area contributed by atoms with Crippen molar-refractivity contribution in [1.29, 1.82) is 0 Å². The van der Waals surface area contributed by atoms with Crippen LogP contribution in [-0.4, -0.2) is 40.7 Å². The zero-order valence-corrected chi connectivity index (χ0v) is 10.3. The Bertz CT molecular complexity index is 393. The van der Waals surface area contributed by atoms with Crippen LogP contribution in [-0.2, 0) is 4.79 Å². The Kier molecular flexibility index (Phi) is 4.33. The van der Waals surface area contributed by atoms with Crippen molar-refractivity contribution in [2.24, 2.45) is 5.92 Å². The second kappa shape index (κ2) is 5.98. The third kappa shape index (κ3) is 3.31. The summed E-state index contributed by atoms with van der Waals surface area (Å²) in [5, 5.41) is 19.1. The average molecular weight is 249 g/mol. The van der Waals surface area contributed by atoms with Crippen LogP contribution in [0, 0.1) is 5.92 Å². The Hall–Kier alpha value is -1.39. The molecule has 0 spiro atoms. The van der Waals surface area contributed by atoms with Crippen molar-refractivity contribution < 1.29 is 15.0 Å². The monoisotopic (exact) mass is 249 g/mol. The summed E-state index contributed by atoms with van der Waals surface area (Å²) >= 11 is 0. The molecule has 1 aromatic rings. The molecule has 2 N–H and O–H groups in total. The molecule has 2 atom stereocenters. The number of rotatable bonds is 4. The molecule has 1 aliphatic heterocycles. The summed E-state index contributed by atoms with van der Waals surface area (Å²) in [5.41, 5.74) is 0.884. The van der Waals surface area contributed by atoms with Gasteiger partial charge in [-0.3, -0.25) is 9.69 Å². The van der Waals surface area contributed by atoms with E-state index in [1.807, 2.05) is 35.2 Å². The first-order valence-electron chi connectivity index (χ1n) is 6.35. The Balaban J connectivity index is 1.91. The number of aliphatic hydroxyl groups excluding tert-OH is 1. The molecule has 0 amide bonds. The van der Waals surface area contributed by atoms with E-state index in [-0.39, 0.29) is 5.92 Å². The Morgan fingerprint density at radius 3 is 2.78 bits per heavy atom. The molecule has 4 heteroatoms. The van der Waals surface area contributed by atoms with E-state index in [2.05, 4.69) is 0 Å². The van der Waals surface area contributed by atoms with Gasteiger partial charge in [0.05, 0.1) is 12.0 Å². The SMILES string of the molecule is O=C(O)[C@@H]1CCCN(C[C@@H](O)c2ccccc2)C1. The topological polar surface area (TPSA) is 60.8 Å². The van der Waals surface area contributed by atoms with Crippen LogP contribution in [0.4, 0.5) is 0 Å². The summed E-state index contributed by atoms with van der Waals surface area (Å²) in [6.07, 6.45) is 1.09. The predicted molar refractivity (Wildman–Crippen MR) is 68.2 cm³/mol. The average Bonchev–Trinajstić information content (AvgIpc) is 2.40. The third-order valence-corrected chi connectivity index (χ3v) is 3.47. The Morgan fingerprint density at radius 1 is 1.39 bits per heavy atom. The van der Waals surface area contributed by atoms with E-state index >= 15 is 0 Å². The molecule has 0 unspecified atom stereocenters. The van der Waals surface area contributed by atoms with Crippen molar-refractivity contribution in [3.8, 4) is 0 Å². The fourth-order valence-electron chi connectivity index (χ4n) is 2.45. The van der Waals surface area contributed by atoms with Crippen molar-refractivity contribution in [1.82, 2.24) is 4.90 Å². The highest BCUT2D eigenvalue weighted by Crippen LogP contribution is 2.20. The molecule has 0 aliphatic carbocycles. The lowest BCUT2D eigenvalue weighted by molar-refractivity contribution is -0.143. The number of carboxylic acid groups (broad SMARTS) is 1. The fourth-order valence-corrected chi connectivity index (χ4v) is 2.45. The number of piperidine rings is 1. The number of hydrogen-bond donors (Lipinski definition) is 2. The number of β-amino-alcohol motifs (C(OH)–C–C–N with tert-alkyl or cyclic N) is 1. The first-order chi connectivity index (χ1) is 8.66. The minimum absolute atomic E-state index is 0.290. The van der Waals surface area contributed by atoms with E-state index in [4.69, 9.17) is 5.11 Å². The predicted octanol–water partition coefficient (Wildman–Crippen LogP) is 1.52. The zero-order chi connectivity index (χ0) is 13.0. The lowest BCUT2D eigenvalue weighted by Crippen LogP contribution is -2.40. The van der Waals surface area contributed by atoms with Gasteiger partial charge in [0, 0.05) is 13.1 Å². The van der Waals surface area contributed by atoms with Crippen molar-refractivity contribution in [2.45, 2.75) is 18.9 Å². The lowest BCUT2D eigenvalue weighted by atomic mass is 9.97. The number of likely N-dealkylation sites (tertiary alicyclic amines) is 1. The normalized spacial score (nSPS) is 22.6. The molecule has 0 radical (unpaired) electrons. The van der Waals surface area contributed by atoms with Crippen molar-refractivity contribution >= 4 is 5.97 Å². The summed E-state index contributed by atoms with van der Waals surface area (Å²) < 4.78 is 0. The van der Waals surface area contributed by atoms with E-state index < -0.39 is 12.1 Å². The molecule has 0 aromatic heterocycles. The van der Waals surface area contributed by atoms with Gasteiger partial charge in [0.1, 0.15) is 0 Å². The Labute approximate surface area is 107 Å². The smallest absolute Gasteiger partial charge is 0.307 e. The Morgan fingerprint density at radius 2 is 2.11 bits per heavy atom. The van der Waals surface area contributed by atoms with Crippen molar-refractivity contribution in [2.75, 3.05) is 19.6 Å². The van der Waals surface area contributed by atoms with Crippen LogP contribution in [0.2, 0.25) is 0 Å². The maximum atomic E-state index is 11.0. The van der Waals surface area contributed by atoms with Crippen LogP contribution in [0.3, 0.4) is 0 Å². The van der Waals surface area contributed by atoms with E-state index in [0.29, 0.717) is 13.1 Å². The van der Waals surface area contributed by atoms with E-state index in [1.54, 1.807) is 0 Å². The molecule has 1 heterocycles. The first kappa shape index (κ1) is 13.1. The van der Waals surface area contributed by atoms with Gasteiger partial charge in [-0.15, -0.1) is 0 Å². The molecule has 2 rings (SSSR count). The summed E-state index contributed by atoms with van der Waals surface area (Å²) in [6, 6.07) is 9.49. The molecule has 0 bridgehead atoms. The van der Waals surface area contributed by atoms with Crippen LogP contribution in [0.1, 0.15) is 24.5 Å². The number of aliphatic carboxylic acids is 1. The lowest BCUT2D eigenvalue weighted by Gasteiger charge is -2.32. The maximum absolute atomic E-state index is 11.0. The van der Waals surface area contributed by atoms with E-state index in [0.717, 1.165) is 24.9 Å². The quantitative estimate of drug-likeness (QED) is 0.849. The summed E-state index contributed by atoms with van der Waals surface area (Å²) in [7, 11) is 0. The second-order valence-electron chi connectivity index (χ2n) is 4.86. The highest BCUT2D eigenvalue weighted by molar-refractivity contribution is 5.70. The molecule has 1 aliphatic rings. The van der Waals surface area contributed by atoms with E-state index in [9.17, 15) is 9.90 Å². The largest absolute Gasteiger partial charge is 0.481 e. The van der Waals surface area contributed by atoms with Crippen molar-refractivity contribution in [3.05, 3.63) is 35.9 Å². The van der Waals surface area contributed by atoms with Crippen LogP contribution < -0.4 is 0 Å². The molecule has 98 valence electrons. The van der Waals surface area contributed by atoms with Gasteiger partial charge in [0.2, 0.25) is 0 Å². The fraction of sp³-hybridized carbons (Fsp3) is 0.500. The second-order valence-corrected chi connectivity index (χ2v) is 4.86. The molecule has 4 nitrogen and oxygen atoms in total. The number of carboxylic acids is 1. The third-order valence-electron chi connectivity index (χ3n) is 3.47. The molecule has 0 saturated carbocycles. The summed E-state index contributed by atoms with van der Waals surface area (Å²) in [6.45, 7) is 1.92. The summed E-state index contributed by atoms with van der Waals surface area (Å²) in [4.78, 5) is 13.0. The van der Waals surface area contributed by atoms with Gasteiger partial charge in [-0.05, 0) is 24.9 Å². The minimum Gasteiger partial charge on any atom is -0.481 e. The number of hydrogen-bond acceptors (Lipinski definition) is 3. The van der Waals surface area contributed by atoms with Crippen LogP contribution in [0.15, 0.2) is 30.3 Å². The van der Waals surface area contributed by atoms with Crippen LogP contribution >= 0.6 is 0 Å². The van der Waals surface area contributed by atoms with Gasteiger partial charge < -0.3 is 10.2 Å².